The molecule has 0 saturated carbocycles. The molecule has 0 bridgehead atoms. The van der Waals surface area contributed by atoms with E-state index in [0.29, 0.717) is 11.9 Å². The smallest absolute Gasteiger partial charge is 0.242 e. The molecule has 1 aromatic heterocycles. The van der Waals surface area contributed by atoms with Gasteiger partial charge in [-0.25, -0.2) is 0 Å². The second-order valence-corrected chi connectivity index (χ2v) is 3.55. The maximum atomic E-state index is 5.32. The van der Waals surface area contributed by atoms with Crippen LogP contribution in [0.4, 0.5) is 5.95 Å². The highest BCUT2D eigenvalue weighted by Gasteiger charge is 2.21. The molecule has 0 aliphatic carbocycles. The lowest BCUT2D eigenvalue weighted by molar-refractivity contribution is 0.0828. The molecule has 1 aliphatic heterocycles. The largest absolute Gasteiger partial charge is 0.381 e. The minimum atomic E-state index is 0.503. The van der Waals surface area contributed by atoms with Gasteiger partial charge in [0.05, 0.1) is 0 Å². The third-order valence-corrected chi connectivity index (χ3v) is 2.61. The first-order valence-corrected chi connectivity index (χ1v) is 4.97. The minimum Gasteiger partial charge on any atom is -0.381 e. The first kappa shape index (κ1) is 9.45. The van der Waals surface area contributed by atoms with Crippen molar-refractivity contribution in [1.29, 1.82) is 0 Å². The van der Waals surface area contributed by atoms with Crippen molar-refractivity contribution < 1.29 is 4.74 Å². The van der Waals surface area contributed by atoms with E-state index in [9.17, 15) is 0 Å². The van der Waals surface area contributed by atoms with Crippen molar-refractivity contribution in [3.05, 3.63) is 5.82 Å². The molecule has 0 unspecified atom stereocenters. The van der Waals surface area contributed by atoms with Crippen molar-refractivity contribution in [3.8, 4) is 0 Å². The first-order valence-electron chi connectivity index (χ1n) is 4.97. The number of nitrogens with one attached hydrogen (secondary N) is 1. The zero-order valence-corrected chi connectivity index (χ0v) is 8.66. The first-order chi connectivity index (χ1) is 6.81. The summed E-state index contributed by atoms with van der Waals surface area (Å²) in [6.07, 6.45) is 2.10. The van der Waals surface area contributed by atoms with Gasteiger partial charge >= 0.3 is 0 Å². The van der Waals surface area contributed by atoms with E-state index >= 15 is 0 Å². The Morgan fingerprint density at radius 2 is 2.14 bits per heavy atom. The number of anilines is 1. The van der Waals surface area contributed by atoms with E-state index in [1.54, 1.807) is 0 Å². The quantitative estimate of drug-likeness (QED) is 0.758. The Morgan fingerprint density at radius 3 is 2.71 bits per heavy atom. The molecule has 0 amide bonds. The lowest BCUT2D eigenvalue weighted by Gasteiger charge is -2.20. The lowest BCUT2D eigenvalue weighted by Crippen LogP contribution is -2.17. The molecule has 0 spiro atoms. The van der Waals surface area contributed by atoms with Gasteiger partial charge in [-0.05, 0) is 12.8 Å². The van der Waals surface area contributed by atoms with Crippen molar-refractivity contribution >= 4 is 5.95 Å². The standard InChI is InChI=1S/C9H16N4O/c1-10-9-11-8(13(2)12-9)7-3-5-14-6-4-7/h7H,3-6H2,1-2H3,(H,10,12). The molecule has 1 N–H and O–H groups in total. The van der Waals surface area contributed by atoms with E-state index < -0.39 is 0 Å². The number of rotatable bonds is 2. The summed E-state index contributed by atoms with van der Waals surface area (Å²) in [4.78, 5) is 4.44. The Balaban J connectivity index is 2.17. The van der Waals surface area contributed by atoms with Gasteiger partial charge < -0.3 is 10.1 Å². The van der Waals surface area contributed by atoms with Crippen molar-refractivity contribution in [2.45, 2.75) is 18.8 Å². The Labute approximate surface area is 83.5 Å². The van der Waals surface area contributed by atoms with Crippen LogP contribution in [-0.4, -0.2) is 35.0 Å². The highest BCUT2D eigenvalue weighted by Crippen LogP contribution is 2.25. The number of hydrogen-bond acceptors (Lipinski definition) is 4. The Kier molecular flexibility index (Phi) is 2.67. The average molecular weight is 196 g/mol. The van der Waals surface area contributed by atoms with Crippen molar-refractivity contribution in [2.24, 2.45) is 7.05 Å². The molecular weight excluding hydrogens is 180 g/mol. The SMILES string of the molecule is CNc1nc(C2CCOCC2)n(C)n1. The predicted molar refractivity (Wildman–Crippen MR) is 53.3 cm³/mol. The van der Waals surface area contributed by atoms with E-state index in [4.69, 9.17) is 4.74 Å². The fraction of sp³-hybridized carbons (Fsp3) is 0.778. The molecule has 1 aromatic rings. The summed E-state index contributed by atoms with van der Waals surface area (Å²) in [7, 11) is 3.78. The van der Waals surface area contributed by atoms with Gasteiger partial charge in [0.2, 0.25) is 5.95 Å². The van der Waals surface area contributed by atoms with E-state index in [2.05, 4.69) is 15.4 Å². The maximum absolute atomic E-state index is 5.32. The number of hydrogen-bond donors (Lipinski definition) is 1. The molecule has 0 aromatic carbocycles. The second-order valence-electron chi connectivity index (χ2n) is 3.55. The fourth-order valence-corrected chi connectivity index (χ4v) is 1.81. The Bertz CT molecular complexity index is 304. The van der Waals surface area contributed by atoms with Gasteiger partial charge in [0.25, 0.3) is 0 Å². The second kappa shape index (κ2) is 3.96. The van der Waals surface area contributed by atoms with Gasteiger partial charge in [0.15, 0.2) is 0 Å². The molecular formula is C9H16N4O. The molecule has 5 nitrogen and oxygen atoms in total. The van der Waals surface area contributed by atoms with Crippen LogP contribution in [0.2, 0.25) is 0 Å². The van der Waals surface area contributed by atoms with Gasteiger partial charge in [0.1, 0.15) is 5.82 Å². The molecule has 2 heterocycles. The van der Waals surface area contributed by atoms with Crippen LogP contribution < -0.4 is 5.32 Å². The molecule has 2 rings (SSSR count). The minimum absolute atomic E-state index is 0.503. The van der Waals surface area contributed by atoms with Crippen molar-refractivity contribution in [1.82, 2.24) is 14.8 Å². The normalized spacial score (nSPS) is 18.4. The molecule has 1 aliphatic rings. The topological polar surface area (TPSA) is 52.0 Å². The Morgan fingerprint density at radius 1 is 1.43 bits per heavy atom. The summed E-state index contributed by atoms with van der Waals surface area (Å²) in [5.41, 5.74) is 0. The predicted octanol–water partition coefficient (Wildman–Crippen LogP) is 0.751. The van der Waals surface area contributed by atoms with Crippen LogP contribution >= 0.6 is 0 Å². The van der Waals surface area contributed by atoms with Gasteiger partial charge in [-0.1, -0.05) is 0 Å². The van der Waals surface area contributed by atoms with E-state index in [1.807, 2.05) is 18.8 Å². The number of aromatic nitrogens is 3. The average Bonchev–Trinajstić information content (AvgIpc) is 2.61. The van der Waals surface area contributed by atoms with Crippen LogP contribution in [0.25, 0.3) is 0 Å². The summed E-state index contributed by atoms with van der Waals surface area (Å²) in [5.74, 6) is 2.27. The summed E-state index contributed by atoms with van der Waals surface area (Å²) in [5, 5.41) is 7.21. The molecule has 14 heavy (non-hydrogen) atoms. The van der Waals surface area contributed by atoms with Gasteiger partial charge in [0, 0.05) is 33.2 Å². The van der Waals surface area contributed by atoms with E-state index in [1.165, 1.54) is 0 Å². The summed E-state index contributed by atoms with van der Waals surface area (Å²) >= 11 is 0. The van der Waals surface area contributed by atoms with Crippen LogP contribution in [0.15, 0.2) is 0 Å². The molecule has 0 atom stereocenters. The van der Waals surface area contributed by atoms with Crippen LogP contribution in [0, 0.1) is 0 Å². The molecule has 5 heteroatoms. The van der Waals surface area contributed by atoms with Crippen LogP contribution in [0.1, 0.15) is 24.6 Å². The Hall–Kier alpha value is -1.10. The third-order valence-electron chi connectivity index (χ3n) is 2.61. The van der Waals surface area contributed by atoms with E-state index in [0.717, 1.165) is 31.9 Å². The van der Waals surface area contributed by atoms with Crippen LogP contribution in [0.5, 0.6) is 0 Å². The monoisotopic (exact) mass is 196 g/mol. The van der Waals surface area contributed by atoms with Crippen molar-refractivity contribution in [3.63, 3.8) is 0 Å². The number of nitrogens with zero attached hydrogens (tertiary/aromatic N) is 3. The van der Waals surface area contributed by atoms with Gasteiger partial charge in [-0.2, -0.15) is 4.98 Å². The zero-order valence-electron chi connectivity index (χ0n) is 8.66. The molecule has 0 radical (unpaired) electrons. The summed E-state index contributed by atoms with van der Waals surface area (Å²) in [6, 6.07) is 0. The molecule has 1 fully saturated rings. The van der Waals surface area contributed by atoms with E-state index in [-0.39, 0.29) is 0 Å². The van der Waals surface area contributed by atoms with Gasteiger partial charge in [-0.15, -0.1) is 5.10 Å². The lowest BCUT2D eigenvalue weighted by atomic mass is 10.00. The molecule has 1 saturated heterocycles. The molecule has 78 valence electrons. The van der Waals surface area contributed by atoms with Gasteiger partial charge in [-0.3, -0.25) is 4.68 Å². The summed E-state index contributed by atoms with van der Waals surface area (Å²) < 4.78 is 7.18. The van der Waals surface area contributed by atoms with Crippen LogP contribution in [-0.2, 0) is 11.8 Å². The zero-order chi connectivity index (χ0) is 9.97. The highest BCUT2D eigenvalue weighted by atomic mass is 16.5. The number of aryl methyl sites for hydroxylation is 1. The van der Waals surface area contributed by atoms with Crippen LogP contribution in [0.3, 0.4) is 0 Å². The summed E-state index contributed by atoms with van der Waals surface area (Å²) in [6.45, 7) is 1.68. The fourth-order valence-electron chi connectivity index (χ4n) is 1.81. The van der Waals surface area contributed by atoms with Crippen molar-refractivity contribution in [2.75, 3.05) is 25.6 Å². The highest BCUT2D eigenvalue weighted by molar-refractivity contribution is 5.22. The maximum Gasteiger partial charge on any atom is 0.242 e. The number of ether oxygens (including phenoxy) is 1. The third kappa shape index (κ3) is 1.72.